The minimum atomic E-state index is -3.10. The van der Waals surface area contributed by atoms with Crippen molar-refractivity contribution in [3.63, 3.8) is 0 Å². The first kappa shape index (κ1) is 16.9. The Labute approximate surface area is 142 Å². The van der Waals surface area contributed by atoms with Gasteiger partial charge in [-0.15, -0.1) is 0 Å². The van der Waals surface area contributed by atoms with E-state index in [-0.39, 0.29) is 6.54 Å². The van der Waals surface area contributed by atoms with Crippen molar-refractivity contribution in [3.05, 3.63) is 18.5 Å². The minimum absolute atomic E-state index is 0.264. The summed E-state index contributed by atoms with van der Waals surface area (Å²) >= 11 is 0. The van der Waals surface area contributed by atoms with Gasteiger partial charge in [-0.2, -0.15) is 0 Å². The third-order valence-electron chi connectivity index (χ3n) is 5.02. The van der Waals surface area contributed by atoms with E-state index in [1.165, 1.54) is 6.26 Å². The molecule has 0 aromatic carbocycles. The van der Waals surface area contributed by atoms with E-state index in [1.807, 2.05) is 4.90 Å². The molecule has 0 unspecified atom stereocenters. The molecule has 2 aliphatic rings. The first-order valence-corrected chi connectivity index (χ1v) is 10.1. The molecule has 1 aliphatic heterocycles. The lowest BCUT2D eigenvalue weighted by Gasteiger charge is -2.39. The Balaban J connectivity index is 1.58. The van der Waals surface area contributed by atoms with Gasteiger partial charge in [-0.1, -0.05) is 6.42 Å². The molecule has 0 spiro atoms. The third kappa shape index (κ3) is 3.31. The summed E-state index contributed by atoms with van der Waals surface area (Å²) in [4.78, 5) is 17.0. The quantitative estimate of drug-likeness (QED) is 0.595. The lowest BCUT2D eigenvalue weighted by atomic mass is 9.84. The molecule has 2 N–H and O–H groups in total. The van der Waals surface area contributed by atoms with Gasteiger partial charge in [0.25, 0.3) is 0 Å². The molecule has 0 atom stereocenters. The van der Waals surface area contributed by atoms with Crippen molar-refractivity contribution in [2.75, 3.05) is 43.9 Å². The molecule has 1 aromatic heterocycles. The van der Waals surface area contributed by atoms with Gasteiger partial charge in [-0.3, -0.25) is 4.99 Å². The predicted molar refractivity (Wildman–Crippen MR) is 93.7 cm³/mol. The molecule has 24 heavy (non-hydrogen) atoms. The summed E-state index contributed by atoms with van der Waals surface area (Å²) in [6, 6.07) is 1.79. The van der Waals surface area contributed by atoms with Crippen LogP contribution in [0.2, 0.25) is 0 Å². The van der Waals surface area contributed by atoms with Crippen LogP contribution in [-0.4, -0.2) is 73.0 Å². The van der Waals surface area contributed by atoms with Crippen molar-refractivity contribution < 1.29 is 8.42 Å². The summed E-state index contributed by atoms with van der Waals surface area (Å²) in [6.07, 6.45) is 7.07. The Bertz CT molecular complexity index is 694. The molecule has 1 aromatic rings. The first-order chi connectivity index (χ1) is 11.4. The zero-order chi connectivity index (χ0) is 17.2. The SMILES string of the molecule is CS(=O)(=O)C1(CN=C(N)N2CCN(c3ncccn3)CC2)CCC1. The van der Waals surface area contributed by atoms with Crippen LogP contribution in [0.15, 0.2) is 23.5 Å². The highest BCUT2D eigenvalue weighted by molar-refractivity contribution is 7.92. The number of piperazine rings is 1. The molecule has 0 radical (unpaired) electrons. The maximum Gasteiger partial charge on any atom is 0.225 e. The van der Waals surface area contributed by atoms with Gasteiger partial charge in [-0.05, 0) is 18.9 Å². The molecule has 2 heterocycles. The monoisotopic (exact) mass is 352 g/mol. The van der Waals surface area contributed by atoms with Crippen molar-refractivity contribution in [2.45, 2.75) is 24.0 Å². The fourth-order valence-corrected chi connectivity index (χ4v) is 4.46. The second-order valence-electron chi connectivity index (χ2n) is 6.51. The lowest BCUT2D eigenvalue weighted by molar-refractivity contribution is 0.340. The third-order valence-corrected chi connectivity index (χ3v) is 7.13. The van der Waals surface area contributed by atoms with E-state index in [1.54, 1.807) is 18.5 Å². The van der Waals surface area contributed by atoms with Crippen LogP contribution in [0, 0.1) is 0 Å². The molecular formula is C15H24N6O2S. The summed E-state index contributed by atoms with van der Waals surface area (Å²) in [7, 11) is -3.10. The number of hydrogen-bond acceptors (Lipinski definition) is 6. The average molecular weight is 352 g/mol. The molecule has 9 heteroatoms. The second kappa shape index (κ2) is 6.54. The molecule has 1 aliphatic carbocycles. The highest BCUT2D eigenvalue weighted by Gasteiger charge is 2.46. The molecular weight excluding hydrogens is 328 g/mol. The first-order valence-electron chi connectivity index (χ1n) is 8.18. The van der Waals surface area contributed by atoms with E-state index >= 15 is 0 Å². The van der Waals surface area contributed by atoms with Crippen LogP contribution in [0.4, 0.5) is 5.95 Å². The highest BCUT2D eigenvalue weighted by Crippen LogP contribution is 2.39. The zero-order valence-electron chi connectivity index (χ0n) is 13.9. The van der Waals surface area contributed by atoms with Gasteiger partial charge in [0.2, 0.25) is 5.95 Å². The Morgan fingerprint density at radius 1 is 1.25 bits per heavy atom. The van der Waals surface area contributed by atoms with E-state index in [0.717, 1.165) is 38.5 Å². The number of aliphatic imine (C=N–C) groups is 1. The van der Waals surface area contributed by atoms with Gasteiger partial charge in [0.1, 0.15) is 0 Å². The zero-order valence-corrected chi connectivity index (χ0v) is 14.7. The maximum absolute atomic E-state index is 12.0. The number of rotatable bonds is 4. The molecule has 1 saturated carbocycles. The summed E-state index contributed by atoms with van der Waals surface area (Å²) in [5, 5.41) is 0. The van der Waals surface area contributed by atoms with Crippen molar-refractivity contribution in [3.8, 4) is 0 Å². The van der Waals surface area contributed by atoms with Crippen molar-refractivity contribution in [1.82, 2.24) is 14.9 Å². The van der Waals surface area contributed by atoms with Gasteiger partial charge in [0, 0.05) is 44.8 Å². The fourth-order valence-electron chi connectivity index (χ4n) is 3.13. The maximum atomic E-state index is 12.0. The molecule has 2 fully saturated rings. The molecule has 1 saturated heterocycles. The number of guanidine groups is 1. The Morgan fingerprint density at radius 2 is 1.88 bits per heavy atom. The Kier molecular flexibility index (Phi) is 4.62. The van der Waals surface area contributed by atoms with Crippen molar-refractivity contribution >= 4 is 21.7 Å². The van der Waals surface area contributed by atoms with E-state index < -0.39 is 14.6 Å². The van der Waals surface area contributed by atoms with Crippen molar-refractivity contribution in [1.29, 1.82) is 0 Å². The highest BCUT2D eigenvalue weighted by atomic mass is 32.2. The predicted octanol–water partition coefficient (Wildman–Crippen LogP) is -0.119. The normalized spacial score (nSPS) is 21.5. The summed E-state index contributed by atoms with van der Waals surface area (Å²) < 4.78 is 23.3. The van der Waals surface area contributed by atoms with Crippen LogP contribution in [0.25, 0.3) is 0 Å². The second-order valence-corrected chi connectivity index (χ2v) is 8.92. The number of nitrogens with two attached hydrogens (primary N) is 1. The molecule has 0 amide bonds. The fraction of sp³-hybridized carbons (Fsp3) is 0.667. The number of aromatic nitrogens is 2. The standard InChI is InChI=1S/C15H24N6O2S/c1-24(22,23)15(4-2-5-15)12-19-13(16)20-8-10-21(11-9-20)14-17-6-3-7-18-14/h3,6-7H,2,4-5,8-12H2,1H3,(H2,16,19). The minimum Gasteiger partial charge on any atom is -0.370 e. The number of nitrogens with zero attached hydrogens (tertiary/aromatic N) is 5. The molecule has 3 rings (SSSR count). The van der Waals surface area contributed by atoms with Gasteiger partial charge in [0.15, 0.2) is 15.8 Å². The van der Waals surface area contributed by atoms with E-state index in [9.17, 15) is 8.42 Å². The van der Waals surface area contributed by atoms with Gasteiger partial charge in [0.05, 0.1) is 11.3 Å². The lowest BCUT2D eigenvalue weighted by Crippen LogP contribution is -2.53. The molecule has 0 bridgehead atoms. The van der Waals surface area contributed by atoms with Crippen LogP contribution >= 0.6 is 0 Å². The number of hydrogen-bond donors (Lipinski definition) is 1. The molecule has 8 nitrogen and oxygen atoms in total. The Hall–Kier alpha value is -1.90. The van der Waals surface area contributed by atoms with E-state index in [0.29, 0.717) is 18.8 Å². The summed E-state index contributed by atoms with van der Waals surface area (Å²) in [6.45, 7) is 3.23. The van der Waals surface area contributed by atoms with E-state index in [4.69, 9.17) is 5.73 Å². The van der Waals surface area contributed by atoms with Crippen LogP contribution in [0.1, 0.15) is 19.3 Å². The average Bonchev–Trinajstić information content (AvgIpc) is 2.53. The van der Waals surface area contributed by atoms with Crippen LogP contribution in [0.5, 0.6) is 0 Å². The largest absolute Gasteiger partial charge is 0.370 e. The number of anilines is 1. The van der Waals surface area contributed by atoms with Crippen LogP contribution in [0.3, 0.4) is 0 Å². The topological polar surface area (TPSA) is 105 Å². The van der Waals surface area contributed by atoms with E-state index in [2.05, 4.69) is 19.9 Å². The van der Waals surface area contributed by atoms with Gasteiger partial charge < -0.3 is 15.5 Å². The summed E-state index contributed by atoms with van der Waals surface area (Å²) in [5.74, 6) is 1.15. The van der Waals surface area contributed by atoms with Gasteiger partial charge in [-0.25, -0.2) is 18.4 Å². The number of sulfone groups is 1. The van der Waals surface area contributed by atoms with Crippen molar-refractivity contribution in [2.24, 2.45) is 10.7 Å². The van der Waals surface area contributed by atoms with Gasteiger partial charge >= 0.3 is 0 Å². The summed E-state index contributed by atoms with van der Waals surface area (Å²) in [5.41, 5.74) is 6.09. The van der Waals surface area contributed by atoms with Crippen LogP contribution in [-0.2, 0) is 9.84 Å². The smallest absolute Gasteiger partial charge is 0.225 e. The van der Waals surface area contributed by atoms with Crippen LogP contribution < -0.4 is 10.6 Å². The molecule has 132 valence electrons. The Morgan fingerprint density at radius 3 is 2.38 bits per heavy atom.